The van der Waals surface area contributed by atoms with E-state index in [0.29, 0.717) is 6.54 Å². The summed E-state index contributed by atoms with van der Waals surface area (Å²) in [6.45, 7) is 4.66. The van der Waals surface area contributed by atoms with Crippen molar-refractivity contribution in [3.05, 3.63) is 35.9 Å². The van der Waals surface area contributed by atoms with Crippen LogP contribution in [0.15, 0.2) is 30.3 Å². The fourth-order valence-corrected chi connectivity index (χ4v) is 1.90. The highest BCUT2D eigenvalue weighted by Gasteiger charge is 2.51. The Balaban J connectivity index is 2.11. The standard InChI is InChI=1S/C12H16N2O/c1-12(2)10(13)11(15)14(12)8-9-6-4-3-5-7-9/h3-7,10H,8,13H2,1-2H3/t10-/m0/s1. The molecule has 3 heteroatoms. The summed E-state index contributed by atoms with van der Waals surface area (Å²) in [6, 6.07) is 9.62. The minimum absolute atomic E-state index is 0.0452. The zero-order valence-electron chi connectivity index (χ0n) is 9.10. The van der Waals surface area contributed by atoms with Crippen molar-refractivity contribution in [1.29, 1.82) is 0 Å². The number of carbonyl (C=O) groups excluding carboxylic acids is 1. The van der Waals surface area contributed by atoms with Crippen LogP contribution in [0.2, 0.25) is 0 Å². The molecule has 0 radical (unpaired) electrons. The topological polar surface area (TPSA) is 46.3 Å². The van der Waals surface area contributed by atoms with E-state index >= 15 is 0 Å². The molecule has 80 valence electrons. The van der Waals surface area contributed by atoms with Crippen LogP contribution in [0.3, 0.4) is 0 Å². The number of nitrogens with zero attached hydrogens (tertiary/aromatic N) is 1. The highest BCUT2D eigenvalue weighted by molar-refractivity contribution is 5.90. The van der Waals surface area contributed by atoms with Gasteiger partial charge in [-0.1, -0.05) is 30.3 Å². The molecule has 0 bridgehead atoms. The fourth-order valence-electron chi connectivity index (χ4n) is 1.90. The zero-order valence-corrected chi connectivity index (χ0v) is 9.10. The Labute approximate surface area is 89.9 Å². The molecule has 2 rings (SSSR count). The largest absolute Gasteiger partial charge is 0.330 e. The third-order valence-corrected chi connectivity index (χ3v) is 3.17. The summed E-state index contributed by atoms with van der Waals surface area (Å²) in [5.41, 5.74) is 6.68. The van der Waals surface area contributed by atoms with Gasteiger partial charge >= 0.3 is 0 Å². The van der Waals surface area contributed by atoms with Gasteiger partial charge in [-0.15, -0.1) is 0 Å². The number of hydrogen-bond donors (Lipinski definition) is 1. The number of carbonyl (C=O) groups is 1. The lowest BCUT2D eigenvalue weighted by atomic mass is 9.82. The molecule has 0 spiro atoms. The number of hydrogen-bond acceptors (Lipinski definition) is 2. The van der Waals surface area contributed by atoms with Crippen molar-refractivity contribution in [2.45, 2.75) is 32.0 Å². The van der Waals surface area contributed by atoms with Gasteiger partial charge in [0.2, 0.25) is 5.91 Å². The normalized spacial score (nSPS) is 23.8. The molecule has 0 aromatic heterocycles. The van der Waals surface area contributed by atoms with Crippen LogP contribution in [0.5, 0.6) is 0 Å². The fraction of sp³-hybridized carbons (Fsp3) is 0.417. The molecule has 1 saturated heterocycles. The van der Waals surface area contributed by atoms with E-state index in [-0.39, 0.29) is 17.5 Å². The molecule has 0 saturated carbocycles. The average molecular weight is 204 g/mol. The molecule has 2 N–H and O–H groups in total. The van der Waals surface area contributed by atoms with Crippen LogP contribution in [0.1, 0.15) is 19.4 Å². The first-order valence-corrected chi connectivity index (χ1v) is 5.14. The molecular weight excluding hydrogens is 188 g/mol. The smallest absolute Gasteiger partial charge is 0.242 e. The summed E-state index contributed by atoms with van der Waals surface area (Å²) in [4.78, 5) is 13.4. The van der Waals surface area contributed by atoms with E-state index in [1.54, 1.807) is 0 Å². The van der Waals surface area contributed by atoms with Crippen LogP contribution < -0.4 is 5.73 Å². The van der Waals surface area contributed by atoms with Crippen LogP contribution in [-0.2, 0) is 11.3 Å². The summed E-state index contributed by atoms with van der Waals surface area (Å²) in [7, 11) is 0. The zero-order chi connectivity index (χ0) is 11.1. The molecule has 1 fully saturated rings. The lowest BCUT2D eigenvalue weighted by Crippen LogP contribution is -2.74. The van der Waals surface area contributed by atoms with Gasteiger partial charge in [0.1, 0.15) is 6.04 Å². The minimum Gasteiger partial charge on any atom is -0.330 e. The summed E-state index contributed by atoms with van der Waals surface area (Å²) < 4.78 is 0. The summed E-state index contributed by atoms with van der Waals surface area (Å²) in [5.74, 6) is 0.0452. The molecule has 0 unspecified atom stereocenters. The second-order valence-corrected chi connectivity index (χ2v) is 4.54. The summed E-state index contributed by atoms with van der Waals surface area (Å²) in [6.07, 6.45) is 0. The third-order valence-electron chi connectivity index (χ3n) is 3.17. The van der Waals surface area contributed by atoms with Gasteiger partial charge in [0.05, 0.1) is 5.54 Å². The molecule has 1 aliphatic rings. The van der Waals surface area contributed by atoms with Gasteiger partial charge in [-0.3, -0.25) is 4.79 Å². The van der Waals surface area contributed by atoms with Crippen molar-refractivity contribution >= 4 is 5.91 Å². The van der Waals surface area contributed by atoms with Crippen molar-refractivity contribution in [3.63, 3.8) is 0 Å². The van der Waals surface area contributed by atoms with E-state index in [0.717, 1.165) is 5.56 Å². The molecule has 1 aliphatic heterocycles. The molecule has 1 aromatic carbocycles. The van der Waals surface area contributed by atoms with Crippen LogP contribution >= 0.6 is 0 Å². The van der Waals surface area contributed by atoms with Gasteiger partial charge in [-0.05, 0) is 19.4 Å². The highest BCUT2D eigenvalue weighted by Crippen LogP contribution is 2.31. The van der Waals surface area contributed by atoms with E-state index in [4.69, 9.17) is 5.73 Å². The van der Waals surface area contributed by atoms with Crippen LogP contribution in [0.4, 0.5) is 0 Å². The first-order valence-electron chi connectivity index (χ1n) is 5.14. The SMILES string of the molecule is CC1(C)[C@@H](N)C(=O)N1Cc1ccccc1. The monoisotopic (exact) mass is 204 g/mol. The Bertz CT molecular complexity index is 372. The number of β-lactam (4-membered cyclic amide) rings is 1. The van der Waals surface area contributed by atoms with Gasteiger partial charge in [0, 0.05) is 6.54 Å². The van der Waals surface area contributed by atoms with Crippen molar-refractivity contribution in [1.82, 2.24) is 4.90 Å². The second-order valence-electron chi connectivity index (χ2n) is 4.54. The predicted octanol–water partition coefficient (Wildman–Crippen LogP) is 1.13. The van der Waals surface area contributed by atoms with Crippen molar-refractivity contribution < 1.29 is 4.79 Å². The Morgan fingerprint density at radius 1 is 1.33 bits per heavy atom. The van der Waals surface area contributed by atoms with Gasteiger partial charge < -0.3 is 10.6 Å². The number of benzene rings is 1. The molecule has 15 heavy (non-hydrogen) atoms. The highest BCUT2D eigenvalue weighted by atomic mass is 16.2. The average Bonchev–Trinajstić information content (AvgIpc) is 2.26. The van der Waals surface area contributed by atoms with Crippen molar-refractivity contribution in [3.8, 4) is 0 Å². The lowest BCUT2D eigenvalue weighted by molar-refractivity contribution is -0.159. The Morgan fingerprint density at radius 3 is 2.47 bits per heavy atom. The third kappa shape index (κ3) is 1.53. The number of rotatable bonds is 2. The van der Waals surface area contributed by atoms with Crippen LogP contribution in [-0.4, -0.2) is 22.4 Å². The molecule has 1 amide bonds. The van der Waals surface area contributed by atoms with Gasteiger partial charge in [0.15, 0.2) is 0 Å². The number of likely N-dealkylation sites (tertiary alicyclic amines) is 1. The molecule has 1 aromatic rings. The number of nitrogens with two attached hydrogens (primary N) is 1. The molecule has 1 heterocycles. The Kier molecular flexibility index (Phi) is 2.27. The Hall–Kier alpha value is -1.35. The second kappa shape index (κ2) is 3.35. The van der Waals surface area contributed by atoms with Crippen molar-refractivity contribution in [2.24, 2.45) is 5.73 Å². The van der Waals surface area contributed by atoms with Crippen LogP contribution in [0, 0.1) is 0 Å². The van der Waals surface area contributed by atoms with E-state index in [2.05, 4.69) is 0 Å². The predicted molar refractivity (Wildman–Crippen MR) is 59.0 cm³/mol. The van der Waals surface area contributed by atoms with E-state index < -0.39 is 0 Å². The van der Waals surface area contributed by atoms with E-state index in [9.17, 15) is 4.79 Å². The maximum absolute atomic E-state index is 11.6. The van der Waals surface area contributed by atoms with Gasteiger partial charge in [-0.2, -0.15) is 0 Å². The lowest BCUT2D eigenvalue weighted by Gasteiger charge is -2.52. The summed E-state index contributed by atoms with van der Waals surface area (Å²) in [5, 5.41) is 0. The molecule has 0 aliphatic carbocycles. The first-order chi connectivity index (χ1) is 7.03. The number of amides is 1. The Morgan fingerprint density at radius 2 is 1.93 bits per heavy atom. The van der Waals surface area contributed by atoms with Gasteiger partial charge in [-0.25, -0.2) is 0 Å². The maximum Gasteiger partial charge on any atom is 0.242 e. The minimum atomic E-state index is -0.346. The first kappa shape index (κ1) is 10.2. The van der Waals surface area contributed by atoms with Crippen LogP contribution in [0.25, 0.3) is 0 Å². The van der Waals surface area contributed by atoms with Gasteiger partial charge in [0.25, 0.3) is 0 Å². The van der Waals surface area contributed by atoms with Crippen molar-refractivity contribution in [2.75, 3.05) is 0 Å². The van der Waals surface area contributed by atoms with E-state index in [1.165, 1.54) is 0 Å². The molecular formula is C12H16N2O. The maximum atomic E-state index is 11.6. The molecule has 1 atom stereocenters. The van der Waals surface area contributed by atoms with E-state index in [1.807, 2.05) is 49.1 Å². The molecule has 3 nitrogen and oxygen atoms in total. The quantitative estimate of drug-likeness (QED) is 0.734. The summed E-state index contributed by atoms with van der Waals surface area (Å²) >= 11 is 0.